The first-order valence-electron chi connectivity index (χ1n) is 3.45. The highest BCUT2D eigenvalue weighted by Gasteiger charge is 2.33. The zero-order valence-electron chi connectivity index (χ0n) is 6.97. The predicted molar refractivity (Wildman–Crippen MR) is 47.7 cm³/mol. The fourth-order valence-electron chi connectivity index (χ4n) is 0.827. The van der Waals surface area contributed by atoms with E-state index in [9.17, 15) is 13.2 Å². The van der Waals surface area contributed by atoms with Gasteiger partial charge in [-0.2, -0.15) is 5.26 Å². The lowest BCUT2D eigenvalue weighted by molar-refractivity contribution is -0.274. The van der Waals surface area contributed by atoms with Crippen molar-refractivity contribution in [2.75, 3.05) is 5.73 Å². The van der Waals surface area contributed by atoms with Gasteiger partial charge in [0.2, 0.25) is 0 Å². The van der Waals surface area contributed by atoms with Gasteiger partial charge in [-0.25, -0.2) is 4.98 Å². The fraction of sp³-hybridized carbons (Fsp3) is 0.143. The standard InChI is InChI=1S/C7H3BrF3N3O/c8-5-1-4(15-7(9,10)11)3(2-12)6(13)14-5/h1H,(H2,13,14). The van der Waals surface area contributed by atoms with E-state index >= 15 is 0 Å². The molecule has 0 radical (unpaired) electrons. The van der Waals surface area contributed by atoms with Crippen LogP contribution in [0.5, 0.6) is 5.75 Å². The van der Waals surface area contributed by atoms with E-state index in [0.717, 1.165) is 6.07 Å². The highest BCUT2D eigenvalue weighted by atomic mass is 79.9. The van der Waals surface area contributed by atoms with E-state index in [1.165, 1.54) is 6.07 Å². The summed E-state index contributed by atoms with van der Waals surface area (Å²) in [6, 6.07) is 2.40. The molecule has 80 valence electrons. The van der Waals surface area contributed by atoms with Crippen molar-refractivity contribution in [2.45, 2.75) is 6.36 Å². The maximum atomic E-state index is 11.9. The Kier molecular flexibility index (Phi) is 3.04. The molecule has 0 saturated carbocycles. The van der Waals surface area contributed by atoms with Crippen molar-refractivity contribution in [3.8, 4) is 11.8 Å². The lowest BCUT2D eigenvalue weighted by atomic mass is 10.2. The van der Waals surface area contributed by atoms with E-state index in [0.29, 0.717) is 0 Å². The number of nitriles is 1. The van der Waals surface area contributed by atoms with Crippen molar-refractivity contribution < 1.29 is 17.9 Å². The van der Waals surface area contributed by atoms with E-state index in [1.54, 1.807) is 0 Å². The normalized spacial score (nSPS) is 10.9. The minimum Gasteiger partial charge on any atom is -0.404 e. The number of halogens is 4. The molecule has 0 bridgehead atoms. The van der Waals surface area contributed by atoms with Gasteiger partial charge < -0.3 is 10.5 Å². The second-order valence-electron chi connectivity index (χ2n) is 2.36. The van der Waals surface area contributed by atoms with Crippen molar-refractivity contribution in [1.29, 1.82) is 5.26 Å². The largest absolute Gasteiger partial charge is 0.573 e. The minimum atomic E-state index is -4.88. The third-order valence-electron chi connectivity index (χ3n) is 1.32. The number of nitrogen functional groups attached to an aromatic ring is 1. The van der Waals surface area contributed by atoms with Crippen molar-refractivity contribution in [2.24, 2.45) is 0 Å². The van der Waals surface area contributed by atoms with Gasteiger partial charge in [0.05, 0.1) is 0 Å². The van der Waals surface area contributed by atoms with Crippen LogP contribution in [0.2, 0.25) is 0 Å². The van der Waals surface area contributed by atoms with E-state index in [-0.39, 0.29) is 10.4 Å². The Morgan fingerprint density at radius 1 is 1.53 bits per heavy atom. The summed E-state index contributed by atoms with van der Waals surface area (Å²) in [7, 11) is 0. The Hall–Kier alpha value is -1.49. The van der Waals surface area contributed by atoms with Crippen molar-refractivity contribution in [1.82, 2.24) is 4.98 Å². The summed E-state index contributed by atoms with van der Waals surface area (Å²) in [6.45, 7) is 0. The minimum absolute atomic E-state index is 0.0539. The van der Waals surface area contributed by atoms with Gasteiger partial charge >= 0.3 is 6.36 Å². The molecule has 1 aromatic heterocycles. The number of hydrogen-bond acceptors (Lipinski definition) is 4. The third-order valence-corrected chi connectivity index (χ3v) is 1.72. The van der Waals surface area contributed by atoms with Crippen LogP contribution in [0.3, 0.4) is 0 Å². The van der Waals surface area contributed by atoms with Crippen LogP contribution in [0.4, 0.5) is 19.0 Å². The van der Waals surface area contributed by atoms with E-state index < -0.39 is 17.7 Å². The summed E-state index contributed by atoms with van der Waals surface area (Å²) in [6.07, 6.45) is -4.88. The Morgan fingerprint density at radius 3 is 2.60 bits per heavy atom. The molecule has 1 rings (SSSR count). The van der Waals surface area contributed by atoms with Crippen LogP contribution in [0.1, 0.15) is 5.56 Å². The van der Waals surface area contributed by atoms with Crippen LogP contribution in [0.15, 0.2) is 10.7 Å². The van der Waals surface area contributed by atoms with E-state index in [4.69, 9.17) is 11.0 Å². The second kappa shape index (κ2) is 3.94. The quantitative estimate of drug-likeness (QED) is 0.801. The molecule has 15 heavy (non-hydrogen) atoms. The lowest BCUT2D eigenvalue weighted by Gasteiger charge is -2.11. The number of aromatic nitrogens is 1. The highest BCUT2D eigenvalue weighted by Crippen LogP contribution is 2.30. The molecular formula is C7H3BrF3N3O. The molecule has 0 spiro atoms. The number of anilines is 1. The van der Waals surface area contributed by atoms with Gasteiger partial charge in [0, 0.05) is 6.07 Å². The molecule has 0 aromatic carbocycles. The summed E-state index contributed by atoms with van der Waals surface area (Å²) in [4.78, 5) is 3.56. The number of ether oxygens (including phenoxy) is 1. The average molecular weight is 282 g/mol. The molecule has 2 N–H and O–H groups in total. The zero-order chi connectivity index (χ0) is 11.6. The molecule has 0 amide bonds. The number of hydrogen-bond donors (Lipinski definition) is 1. The first-order chi connectivity index (χ1) is 6.83. The third kappa shape index (κ3) is 2.99. The van der Waals surface area contributed by atoms with Gasteiger partial charge in [0.1, 0.15) is 22.1 Å². The fourth-order valence-corrected chi connectivity index (χ4v) is 1.23. The average Bonchev–Trinajstić information content (AvgIpc) is 1.99. The maximum Gasteiger partial charge on any atom is 0.573 e. The number of nitrogens with zero attached hydrogens (tertiary/aromatic N) is 2. The number of alkyl halides is 3. The number of rotatable bonds is 1. The van der Waals surface area contributed by atoms with Crippen LogP contribution >= 0.6 is 15.9 Å². The van der Waals surface area contributed by atoms with Crippen LogP contribution in [0.25, 0.3) is 0 Å². The Morgan fingerprint density at radius 2 is 2.13 bits per heavy atom. The van der Waals surface area contributed by atoms with Crippen molar-refractivity contribution in [3.63, 3.8) is 0 Å². The first kappa shape index (κ1) is 11.6. The smallest absolute Gasteiger partial charge is 0.404 e. The molecular weight excluding hydrogens is 279 g/mol. The van der Waals surface area contributed by atoms with Crippen molar-refractivity contribution >= 4 is 21.7 Å². The summed E-state index contributed by atoms with van der Waals surface area (Å²) in [5, 5.41) is 8.55. The van der Waals surface area contributed by atoms with Crippen LogP contribution in [0, 0.1) is 11.3 Å². The second-order valence-corrected chi connectivity index (χ2v) is 3.18. The Bertz CT molecular complexity index is 427. The van der Waals surface area contributed by atoms with E-state index in [2.05, 4.69) is 25.7 Å². The molecule has 1 heterocycles. The molecule has 0 aliphatic carbocycles. The maximum absolute atomic E-state index is 11.9. The van der Waals surface area contributed by atoms with Crippen molar-refractivity contribution in [3.05, 3.63) is 16.2 Å². The molecule has 1 aromatic rings. The Balaban J connectivity index is 3.23. The van der Waals surface area contributed by atoms with Gasteiger partial charge in [-0.1, -0.05) is 0 Å². The first-order valence-corrected chi connectivity index (χ1v) is 4.24. The zero-order valence-corrected chi connectivity index (χ0v) is 8.56. The van der Waals surface area contributed by atoms with E-state index in [1.807, 2.05) is 0 Å². The van der Waals surface area contributed by atoms with Gasteiger partial charge in [-0.3, -0.25) is 0 Å². The molecule has 0 atom stereocenters. The summed E-state index contributed by atoms with van der Waals surface area (Å²) in [5.41, 5.74) is 4.79. The lowest BCUT2D eigenvalue weighted by Crippen LogP contribution is -2.18. The molecule has 0 fully saturated rings. The number of nitrogens with two attached hydrogens (primary N) is 1. The summed E-state index contributed by atoms with van der Waals surface area (Å²) in [5.74, 6) is -1.00. The summed E-state index contributed by atoms with van der Waals surface area (Å²) >= 11 is 2.84. The predicted octanol–water partition coefficient (Wildman–Crippen LogP) is 2.20. The molecule has 8 heteroatoms. The van der Waals surface area contributed by atoms with Crippen LogP contribution < -0.4 is 10.5 Å². The molecule has 0 aliphatic rings. The topological polar surface area (TPSA) is 71.9 Å². The molecule has 4 nitrogen and oxygen atoms in total. The molecule has 0 saturated heterocycles. The molecule has 0 aliphatic heterocycles. The highest BCUT2D eigenvalue weighted by molar-refractivity contribution is 9.10. The SMILES string of the molecule is N#Cc1c(OC(F)(F)F)cc(Br)nc1N. The van der Waals surface area contributed by atoms with Crippen LogP contribution in [-0.4, -0.2) is 11.3 Å². The van der Waals surface area contributed by atoms with Gasteiger partial charge in [-0.05, 0) is 15.9 Å². The Labute approximate surface area is 90.6 Å². The van der Waals surface area contributed by atoms with Crippen LogP contribution in [-0.2, 0) is 0 Å². The number of pyridine rings is 1. The van der Waals surface area contributed by atoms with Gasteiger partial charge in [0.25, 0.3) is 0 Å². The molecule has 0 unspecified atom stereocenters. The summed E-state index contributed by atoms with van der Waals surface area (Å²) < 4.78 is 39.4. The monoisotopic (exact) mass is 281 g/mol. The van der Waals surface area contributed by atoms with Gasteiger partial charge in [0.15, 0.2) is 5.75 Å². The van der Waals surface area contributed by atoms with Gasteiger partial charge in [-0.15, -0.1) is 13.2 Å².